The Morgan fingerprint density at radius 3 is 2.38 bits per heavy atom. The molecule has 2 heterocycles. The van der Waals surface area contributed by atoms with E-state index in [1.165, 1.54) is 12.3 Å². The smallest absolute Gasteiger partial charge is 0.336 e. The number of pyridine rings is 1. The maximum atomic E-state index is 11.5. The van der Waals surface area contributed by atoms with Crippen LogP contribution in [0.2, 0.25) is 10.0 Å². The lowest BCUT2D eigenvalue weighted by molar-refractivity contribution is 0.0699. The second kappa shape index (κ2) is 10.2. The number of fused-ring (bicyclic) bond motifs is 1. The molecule has 5 aromatic rings. The first-order chi connectivity index (χ1) is 17.8. The lowest BCUT2D eigenvalue weighted by Crippen LogP contribution is -2.01. The fraction of sp³-hybridized carbons (Fsp3) is 0.138. The molecule has 0 amide bonds. The van der Waals surface area contributed by atoms with Gasteiger partial charge in [-0.1, -0.05) is 72.5 Å². The van der Waals surface area contributed by atoms with Gasteiger partial charge >= 0.3 is 5.97 Å². The summed E-state index contributed by atoms with van der Waals surface area (Å²) in [5.41, 5.74) is 4.71. The van der Waals surface area contributed by atoms with Crippen LogP contribution < -0.4 is 4.74 Å². The Hall–Kier alpha value is -3.87. The summed E-state index contributed by atoms with van der Waals surface area (Å²) < 4.78 is 11.8. The minimum Gasteiger partial charge on any atom is -0.489 e. The number of aromatic carboxylic acids is 1. The summed E-state index contributed by atoms with van der Waals surface area (Å²) in [6.45, 7) is 4.27. The molecule has 3 aromatic carbocycles. The number of aromatic nitrogens is 2. The third-order valence-corrected chi connectivity index (χ3v) is 6.72. The van der Waals surface area contributed by atoms with Crippen LogP contribution in [0.5, 0.6) is 5.75 Å². The van der Waals surface area contributed by atoms with E-state index in [2.05, 4.69) is 10.1 Å². The quantitative estimate of drug-likeness (QED) is 0.227. The zero-order chi connectivity index (χ0) is 26.1. The minimum atomic E-state index is -0.977. The van der Waals surface area contributed by atoms with E-state index in [4.69, 9.17) is 32.5 Å². The zero-order valence-corrected chi connectivity index (χ0v) is 21.5. The van der Waals surface area contributed by atoms with Crippen molar-refractivity contribution in [3.05, 3.63) is 99.9 Å². The molecular weight excluding hydrogens is 511 g/mol. The average molecular weight is 533 g/mol. The Morgan fingerprint density at radius 1 is 1.00 bits per heavy atom. The molecule has 0 aliphatic carbocycles. The number of hydrogen-bond donors (Lipinski definition) is 1. The molecule has 6 nitrogen and oxygen atoms in total. The SMILES string of the molecule is CC(C)c1onc(-c2c(Cl)cccc2Cl)c1COc1ccc(-c2ccc3c(C(=O)O)ccnc3c2)cc1. The van der Waals surface area contributed by atoms with E-state index in [1.54, 1.807) is 24.3 Å². The van der Waals surface area contributed by atoms with Crippen molar-refractivity contribution in [3.63, 3.8) is 0 Å². The summed E-state index contributed by atoms with van der Waals surface area (Å²) in [5, 5.41) is 15.3. The molecule has 0 atom stereocenters. The summed E-state index contributed by atoms with van der Waals surface area (Å²) in [6, 6.07) is 20.0. The van der Waals surface area contributed by atoms with Crippen LogP contribution in [0.15, 0.2) is 77.4 Å². The highest BCUT2D eigenvalue weighted by molar-refractivity contribution is 6.39. The Labute approximate surface area is 223 Å². The summed E-state index contributed by atoms with van der Waals surface area (Å²) in [6.07, 6.45) is 1.51. The summed E-state index contributed by atoms with van der Waals surface area (Å²) >= 11 is 12.9. The van der Waals surface area contributed by atoms with E-state index in [0.717, 1.165) is 16.7 Å². The largest absolute Gasteiger partial charge is 0.489 e. The molecular formula is C29H22Cl2N2O4. The van der Waals surface area contributed by atoms with Crippen LogP contribution >= 0.6 is 23.2 Å². The van der Waals surface area contributed by atoms with Crippen molar-refractivity contribution in [1.82, 2.24) is 10.1 Å². The summed E-state index contributed by atoms with van der Waals surface area (Å²) in [4.78, 5) is 15.8. The Morgan fingerprint density at radius 2 is 1.70 bits per heavy atom. The highest BCUT2D eigenvalue weighted by Crippen LogP contribution is 2.39. The Bertz CT molecular complexity index is 1590. The van der Waals surface area contributed by atoms with Crippen molar-refractivity contribution >= 4 is 40.1 Å². The van der Waals surface area contributed by atoms with Crippen LogP contribution in [0.4, 0.5) is 0 Å². The van der Waals surface area contributed by atoms with Crippen LogP contribution in [-0.2, 0) is 6.61 Å². The number of ether oxygens (including phenoxy) is 1. The molecule has 0 saturated heterocycles. The molecule has 186 valence electrons. The van der Waals surface area contributed by atoms with E-state index >= 15 is 0 Å². The first-order valence-electron chi connectivity index (χ1n) is 11.6. The number of halogens is 2. The van der Waals surface area contributed by atoms with Crippen LogP contribution in [0.3, 0.4) is 0 Å². The number of benzene rings is 3. The van der Waals surface area contributed by atoms with Gasteiger partial charge in [0, 0.05) is 23.1 Å². The predicted octanol–water partition coefficient (Wildman–Crippen LogP) is 8.26. The highest BCUT2D eigenvalue weighted by Gasteiger charge is 2.23. The molecule has 0 unspecified atom stereocenters. The lowest BCUT2D eigenvalue weighted by atomic mass is 10.0. The number of carboxylic acids is 1. The molecule has 37 heavy (non-hydrogen) atoms. The molecule has 0 fully saturated rings. The van der Waals surface area contributed by atoms with Crippen molar-refractivity contribution in [2.24, 2.45) is 0 Å². The minimum absolute atomic E-state index is 0.0895. The zero-order valence-electron chi connectivity index (χ0n) is 20.0. The van der Waals surface area contributed by atoms with Gasteiger partial charge in [0.15, 0.2) is 0 Å². The van der Waals surface area contributed by atoms with Crippen LogP contribution in [0.1, 0.15) is 41.4 Å². The normalized spacial score (nSPS) is 11.3. The van der Waals surface area contributed by atoms with Gasteiger partial charge in [-0.05, 0) is 47.5 Å². The summed E-state index contributed by atoms with van der Waals surface area (Å²) in [7, 11) is 0. The molecule has 0 bridgehead atoms. The molecule has 5 rings (SSSR count). The van der Waals surface area contributed by atoms with Gasteiger partial charge in [-0.25, -0.2) is 4.79 Å². The third-order valence-electron chi connectivity index (χ3n) is 6.09. The first-order valence-corrected chi connectivity index (χ1v) is 12.4. The lowest BCUT2D eigenvalue weighted by Gasteiger charge is -2.11. The fourth-order valence-corrected chi connectivity index (χ4v) is 4.83. The molecule has 0 radical (unpaired) electrons. The number of carboxylic acid groups (broad SMARTS) is 1. The molecule has 1 N–H and O–H groups in total. The fourth-order valence-electron chi connectivity index (χ4n) is 4.25. The molecule has 0 saturated carbocycles. The molecule has 0 aliphatic rings. The second-order valence-electron chi connectivity index (χ2n) is 8.83. The number of nitrogens with zero attached hydrogens (tertiary/aromatic N) is 2. The summed E-state index contributed by atoms with van der Waals surface area (Å²) in [5.74, 6) is 0.497. The van der Waals surface area contributed by atoms with E-state index in [1.807, 2.05) is 50.2 Å². The van der Waals surface area contributed by atoms with Gasteiger partial charge in [-0.2, -0.15) is 0 Å². The van der Waals surface area contributed by atoms with Crippen LogP contribution in [0, 0.1) is 0 Å². The molecule has 2 aromatic heterocycles. The van der Waals surface area contributed by atoms with Crippen molar-refractivity contribution in [3.8, 4) is 28.1 Å². The Balaban J connectivity index is 1.40. The van der Waals surface area contributed by atoms with Gasteiger partial charge in [-0.3, -0.25) is 4.98 Å². The third kappa shape index (κ3) is 4.90. The van der Waals surface area contributed by atoms with Gasteiger partial charge in [-0.15, -0.1) is 0 Å². The topological polar surface area (TPSA) is 85.5 Å². The Kier molecular flexibility index (Phi) is 6.87. The molecule has 8 heteroatoms. The van der Waals surface area contributed by atoms with E-state index < -0.39 is 5.97 Å². The predicted molar refractivity (Wildman–Crippen MR) is 145 cm³/mol. The van der Waals surface area contributed by atoms with Crippen LogP contribution in [0.25, 0.3) is 33.3 Å². The van der Waals surface area contributed by atoms with Crippen molar-refractivity contribution < 1.29 is 19.2 Å². The maximum absolute atomic E-state index is 11.5. The van der Waals surface area contributed by atoms with Gasteiger partial charge in [0.1, 0.15) is 23.8 Å². The van der Waals surface area contributed by atoms with Crippen LogP contribution in [-0.4, -0.2) is 21.2 Å². The first kappa shape index (κ1) is 24.8. The van der Waals surface area contributed by atoms with E-state index in [0.29, 0.717) is 43.7 Å². The maximum Gasteiger partial charge on any atom is 0.336 e. The van der Waals surface area contributed by atoms with Gasteiger partial charge in [0.05, 0.1) is 26.7 Å². The van der Waals surface area contributed by atoms with Gasteiger partial charge < -0.3 is 14.4 Å². The monoisotopic (exact) mass is 532 g/mol. The van der Waals surface area contributed by atoms with Gasteiger partial charge in [0.25, 0.3) is 0 Å². The van der Waals surface area contributed by atoms with E-state index in [9.17, 15) is 9.90 Å². The van der Waals surface area contributed by atoms with E-state index in [-0.39, 0.29) is 18.1 Å². The van der Waals surface area contributed by atoms with Crippen molar-refractivity contribution in [1.29, 1.82) is 0 Å². The second-order valence-corrected chi connectivity index (χ2v) is 9.65. The van der Waals surface area contributed by atoms with Crippen molar-refractivity contribution in [2.75, 3.05) is 0 Å². The highest BCUT2D eigenvalue weighted by atomic mass is 35.5. The molecule has 0 spiro atoms. The standard InChI is InChI=1S/C29H22Cl2N2O4/c1-16(2)28-22(27(33-37-28)26-23(30)4-3-5-24(26)31)15-36-19-9-6-17(7-10-19)18-8-11-20-21(29(34)35)12-13-32-25(20)14-18/h3-14,16H,15H2,1-2H3,(H,34,35). The van der Waals surface area contributed by atoms with Gasteiger partial charge in [0.2, 0.25) is 0 Å². The molecule has 0 aliphatic heterocycles. The number of carbonyl (C=O) groups is 1. The average Bonchev–Trinajstić information content (AvgIpc) is 3.30. The van der Waals surface area contributed by atoms with Crippen molar-refractivity contribution in [2.45, 2.75) is 26.4 Å². The number of rotatable bonds is 7. The number of hydrogen-bond acceptors (Lipinski definition) is 5.